The summed E-state index contributed by atoms with van der Waals surface area (Å²) in [6, 6.07) is 0. The van der Waals surface area contributed by atoms with Crippen LogP contribution in [0.25, 0.3) is 0 Å². The number of hydrogen-bond acceptors (Lipinski definition) is 3. The Labute approximate surface area is 59.0 Å². The van der Waals surface area contributed by atoms with Crippen molar-refractivity contribution in [3.05, 3.63) is 5.69 Å². The van der Waals surface area contributed by atoms with Crippen LogP contribution in [-0.2, 0) is 6.54 Å². The van der Waals surface area contributed by atoms with Gasteiger partial charge in [-0.05, 0) is 0 Å². The first kappa shape index (κ1) is 7.05. The molecule has 0 fully saturated rings. The monoisotopic (exact) mass is 142 g/mol. The van der Waals surface area contributed by atoms with E-state index in [2.05, 4.69) is 9.79 Å². The van der Waals surface area contributed by atoms with Gasteiger partial charge in [-0.15, -0.1) is 0 Å². The fourth-order valence-electron chi connectivity index (χ4n) is 0.739. The third-order valence-electron chi connectivity index (χ3n) is 1.34. The minimum atomic E-state index is -0.339. The van der Waals surface area contributed by atoms with Crippen molar-refractivity contribution in [3.8, 4) is 5.95 Å². The average molecular weight is 142 g/mol. The van der Waals surface area contributed by atoms with E-state index in [1.807, 2.05) is 6.92 Å². The molecule has 0 bridgehead atoms. The molecular weight excluding hydrogens is 132 g/mol. The van der Waals surface area contributed by atoms with Gasteiger partial charge in [0.15, 0.2) is 12.5 Å². The van der Waals surface area contributed by atoms with Gasteiger partial charge < -0.3 is 9.63 Å². The molecule has 1 aromatic heterocycles. The van der Waals surface area contributed by atoms with Gasteiger partial charge in [0.05, 0.1) is 5.27 Å². The van der Waals surface area contributed by atoms with Crippen LogP contribution in [0.15, 0.2) is 4.52 Å². The maximum Gasteiger partial charge on any atom is 0.230 e. The lowest BCUT2D eigenvalue weighted by molar-refractivity contribution is -0.767. The Balaban J connectivity index is 2.83. The predicted molar refractivity (Wildman–Crippen MR) is 31.2 cm³/mol. The smallest absolute Gasteiger partial charge is 0.230 e. The topological polar surface area (TPSA) is 53.0 Å². The van der Waals surface area contributed by atoms with Crippen LogP contribution in [-0.4, -0.2) is 5.27 Å². The first-order valence-corrected chi connectivity index (χ1v) is 3.29. The fraction of sp³-hybridized carbons (Fsp3) is 0.667. The summed E-state index contributed by atoms with van der Waals surface area (Å²) in [5.74, 6) is -0.339. The van der Waals surface area contributed by atoms with Crippen LogP contribution >= 0.6 is 0 Å². The van der Waals surface area contributed by atoms with Crippen molar-refractivity contribution in [1.29, 1.82) is 0 Å². The average Bonchev–Trinajstić information content (AvgIpc) is 2.20. The summed E-state index contributed by atoms with van der Waals surface area (Å²) >= 11 is 0. The SMILES string of the molecule is CCC[n+]1noc([O-])c1C. The Hall–Kier alpha value is -1.06. The summed E-state index contributed by atoms with van der Waals surface area (Å²) in [4.78, 5) is 0. The minimum Gasteiger partial charge on any atom is -0.539 e. The van der Waals surface area contributed by atoms with Gasteiger partial charge in [-0.1, -0.05) is 11.6 Å². The summed E-state index contributed by atoms with van der Waals surface area (Å²) in [7, 11) is 0. The molecule has 0 radical (unpaired) electrons. The lowest BCUT2D eigenvalue weighted by Crippen LogP contribution is -2.37. The van der Waals surface area contributed by atoms with Crippen LogP contribution in [0.4, 0.5) is 0 Å². The molecule has 0 spiro atoms. The fourth-order valence-corrected chi connectivity index (χ4v) is 0.739. The van der Waals surface area contributed by atoms with Gasteiger partial charge in [-0.2, -0.15) is 0 Å². The van der Waals surface area contributed by atoms with Crippen molar-refractivity contribution in [2.75, 3.05) is 0 Å². The molecule has 56 valence electrons. The number of rotatable bonds is 2. The van der Waals surface area contributed by atoms with E-state index in [1.165, 1.54) is 0 Å². The van der Waals surface area contributed by atoms with E-state index in [4.69, 9.17) is 0 Å². The molecule has 0 atom stereocenters. The molecule has 4 heteroatoms. The van der Waals surface area contributed by atoms with E-state index in [0.717, 1.165) is 13.0 Å². The lowest BCUT2D eigenvalue weighted by Gasteiger charge is -1.86. The molecular formula is C6H10N2O2. The summed E-state index contributed by atoms with van der Waals surface area (Å²) in [5, 5.41) is 14.2. The second-order valence-corrected chi connectivity index (χ2v) is 2.17. The molecule has 1 aromatic rings. The Bertz CT molecular complexity index is 220. The summed E-state index contributed by atoms with van der Waals surface area (Å²) in [6.07, 6.45) is 0.956. The van der Waals surface area contributed by atoms with Crippen LogP contribution in [0.5, 0.6) is 5.95 Å². The second kappa shape index (κ2) is 2.68. The van der Waals surface area contributed by atoms with E-state index in [1.54, 1.807) is 11.6 Å². The predicted octanol–water partition coefficient (Wildman–Crippen LogP) is -0.246. The largest absolute Gasteiger partial charge is 0.539 e. The second-order valence-electron chi connectivity index (χ2n) is 2.17. The van der Waals surface area contributed by atoms with E-state index >= 15 is 0 Å². The molecule has 0 saturated heterocycles. The van der Waals surface area contributed by atoms with Gasteiger partial charge in [-0.25, -0.2) is 0 Å². The van der Waals surface area contributed by atoms with Crippen molar-refractivity contribution >= 4 is 0 Å². The quantitative estimate of drug-likeness (QED) is 0.535. The zero-order valence-electron chi connectivity index (χ0n) is 6.13. The van der Waals surface area contributed by atoms with E-state index in [0.29, 0.717) is 5.69 Å². The lowest BCUT2D eigenvalue weighted by atomic mass is 10.4. The van der Waals surface area contributed by atoms with Crippen molar-refractivity contribution in [2.45, 2.75) is 26.8 Å². The van der Waals surface area contributed by atoms with Crippen LogP contribution in [0.3, 0.4) is 0 Å². The first-order chi connectivity index (χ1) is 4.75. The molecule has 0 amide bonds. The maximum absolute atomic E-state index is 10.7. The third kappa shape index (κ3) is 1.10. The van der Waals surface area contributed by atoms with E-state index < -0.39 is 0 Å². The Morgan fingerprint density at radius 1 is 1.70 bits per heavy atom. The van der Waals surface area contributed by atoms with Gasteiger partial charge >= 0.3 is 0 Å². The van der Waals surface area contributed by atoms with Crippen LogP contribution < -0.4 is 9.79 Å². The number of nitrogens with zero attached hydrogens (tertiary/aromatic N) is 2. The molecule has 4 nitrogen and oxygen atoms in total. The molecule has 1 heterocycles. The van der Waals surface area contributed by atoms with Gasteiger partial charge in [0.25, 0.3) is 0 Å². The number of hydrogen-bond donors (Lipinski definition) is 0. The molecule has 0 saturated carbocycles. The zero-order valence-corrected chi connectivity index (χ0v) is 6.13. The minimum absolute atomic E-state index is 0.339. The molecule has 0 aromatic carbocycles. The third-order valence-corrected chi connectivity index (χ3v) is 1.34. The van der Waals surface area contributed by atoms with Crippen LogP contribution in [0.2, 0.25) is 0 Å². The normalized spacial score (nSPS) is 10.2. The Kier molecular flexibility index (Phi) is 1.89. The zero-order chi connectivity index (χ0) is 7.56. The molecule has 0 unspecified atom stereocenters. The highest BCUT2D eigenvalue weighted by Crippen LogP contribution is 2.03. The van der Waals surface area contributed by atoms with Gasteiger partial charge in [0.1, 0.15) is 0 Å². The Morgan fingerprint density at radius 2 is 2.40 bits per heavy atom. The summed E-state index contributed by atoms with van der Waals surface area (Å²) < 4.78 is 5.98. The maximum atomic E-state index is 10.7. The summed E-state index contributed by atoms with van der Waals surface area (Å²) in [5.41, 5.74) is 0.571. The number of aryl methyl sites for hydroxylation is 1. The van der Waals surface area contributed by atoms with Crippen molar-refractivity contribution in [2.24, 2.45) is 0 Å². The van der Waals surface area contributed by atoms with Crippen molar-refractivity contribution in [3.63, 3.8) is 0 Å². The highest BCUT2D eigenvalue weighted by Gasteiger charge is 2.08. The van der Waals surface area contributed by atoms with Gasteiger partial charge in [0, 0.05) is 13.3 Å². The standard InChI is InChI=1S/C6H10N2O2/c1-3-4-8-5(2)6(9)10-7-8/h3-4H2,1-2H3. The van der Waals surface area contributed by atoms with Crippen LogP contribution in [0.1, 0.15) is 19.0 Å². The van der Waals surface area contributed by atoms with Crippen molar-refractivity contribution in [1.82, 2.24) is 5.27 Å². The Morgan fingerprint density at radius 3 is 2.80 bits per heavy atom. The molecule has 1 rings (SSSR count). The van der Waals surface area contributed by atoms with Crippen LogP contribution in [0, 0.1) is 6.92 Å². The molecule has 0 aliphatic rings. The van der Waals surface area contributed by atoms with Crippen molar-refractivity contribution < 1.29 is 14.3 Å². The summed E-state index contributed by atoms with van der Waals surface area (Å²) in [6.45, 7) is 4.47. The van der Waals surface area contributed by atoms with E-state index in [9.17, 15) is 5.11 Å². The van der Waals surface area contributed by atoms with Gasteiger partial charge in [0.2, 0.25) is 5.69 Å². The molecule has 0 N–H and O–H groups in total. The molecule has 0 aliphatic heterocycles. The highest BCUT2D eigenvalue weighted by atomic mass is 16.6. The molecule has 0 aliphatic carbocycles. The molecule has 10 heavy (non-hydrogen) atoms. The van der Waals surface area contributed by atoms with E-state index in [-0.39, 0.29) is 5.95 Å². The highest BCUT2D eigenvalue weighted by molar-refractivity contribution is 4.98. The first-order valence-electron chi connectivity index (χ1n) is 3.29. The van der Waals surface area contributed by atoms with Gasteiger partial charge in [-0.3, -0.25) is 0 Å². The number of aromatic nitrogens is 2.